The average Bonchev–Trinajstić information content (AvgIpc) is 1.87. The Balaban J connectivity index is 3.56. The largest absolute Gasteiger partial charge is 0.0911 e. The van der Waals surface area contributed by atoms with Crippen LogP contribution in [0.3, 0.4) is 0 Å². The smallest absolute Gasteiger partial charge is 0.00820 e. The molecule has 11 heavy (non-hydrogen) atoms. The highest BCUT2D eigenvalue weighted by atomic mass is 14.0. The summed E-state index contributed by atoms with van der Waals surface area (Å²) >= 11 is 0. The Morgan fingerprint density at radius 1 is 1.09 bits per heavy atom. The Kier molecular flexibility index (Phi) is 5.91. The monoisotopic (exact) mass is 152 g/mol. The molecule has 0 rings (SSSR count). The number of allylic oxidation sites excluding steroid dienone is 4. The highest BCUT2D eigenvalue weighted by molar-refractivity contribution is 4.97. The summed E-state index contributed by atoms with van der Waals surface area (Å²) in [7, 11) is 0. The first-order valence-electron chi connectivity index (χ1n) is 4.46. The molecule has 0 N–H and O–H groups in total. The summed E-state index contributed by atoms with van der Waals surface area (Å²) in [6.45, 7) is 8.75. The van der Waals surface area contributed by atoms with Gasteiger partial charge in [0.25, 0.3) is 0 Å². The molecule has 0 heterocycles. The highest BCUT2D eigenvalue weighted by Crippen LogP contribution is 2.04. The zero-order valence-electron chi connectivity index (χ0n) is 8.17. The SMILES string of the molecule is C/C=C\C(C)/C=C/CC(C)C. The van der Waals surface area contributed by atoms with Crippen molar-refractivity contribution >= 4 is 0 Å². The Bertz CT molecular complexity index is 129. The molecule has 0 heteroatoms. The molecule has 0 saturated heterocycles. The third-order valence-electron chi connectivity index (χ3n) is 1.54. The molecule has 0 bridgehead atoms. The van der Waals surface area contributed by atoms with Gasteiger partial charge in [-0.3, -0.25) is 0 Å². The van der Waals surface area contributed by atoms with Gasteiger partial charge in [-0.15, -0.1) is 0 Å². The average molecular weight is 152 g/mol. The van der Waals surface area contributed by atoms with Gasteiger partial charge < -0.3 is 0 Å². The molecule has 0 spiro atoms. The molecule has 0 saturated carbocycles. The number of rotatable bonds is 4. The van der Waals surface area contributed by atoms with Crippen molar-refractivity contribution in [2.24, 2.45) is 11.8 Å². The van der Waals surface area contributed by atoms with Crippen molar-refractivity contribution < 1.29 is 0 Å². The van der Waals surface area contributed by atoms with Gasteiger partial charge in [-0.25, -0.2) is 0 Å². The van der Waals surface area contributed by atoms with E-state index in [1.54, 1.807) is 0 Å². The van der Waals surface area contributed by atoms with Crippen LogP contribution in [0.25, 0.3) is 0 Å². The molecule has 1 unspecified atom stereocenters. The fourth-order valence-electron chi connectivity index (χ4n) is 0.933. The van der Waals surface area contributed by atoms with Gasteiger partial charge in [0.05, 0.1) is 0 Å². The number of hydrogen-bond donors (Lipinski definition) is 0. The fraction of sp³-hybridized carbons (Fsp3) is 0.636. The maximum atomic E-state index is 2.27. The van der Waals surface area contributed by atoms with E-state index in [0.29, 0.717) is 5.92 Å². The van der Waals surface area contributed by atoms with Crippen molar-refractivity contribution in [2.75, 3.05) is 0 Å². The molecular formula is C11H20. The molecule has 0 fully saturated rings. The van der Waals surface area contributed by atoms with Crippen LogP contribution in [0.2, 0.25) is 0 Å². The van der Waals surface area contributed by atoms with Crippen molar-refractivity contribution in [1.82, 2.24) is 0 Å². The van der Waals surface area contributed by atoms with Crippen molar-refractivity contribution in [3.8, 4) is 0 Å². The molecule has 0 aromatic rings. The summed E-state index contributed by atoms with van der Waals surface area (Å²) in [4.78, 5) is 0. The molecule has 0 aliphatic heterocycles. The van der Waals surface area contributed by atoms with Gasteiger partial charge in [0.15, 0.2) is 0 Å². The van der Waals surface area contributed by atoms with Crippen LogP contribution >= 0.6 is 0 Å². The van der Waals surface area contributed by atoms with Gasteiger partial charge in [-0.1, -0.05) is 45.1 Å². The third-order valence-corrected chi connectivity index (χ3v) is 1.54. The maximum Gasteiger partial charge on any atom is -0.00820 e. The minimum absolute atomic E-state index is 0.596. The van der Waals surface area contributed by atoms with Gasteiger partial charge in [0.1, 0.15) is 0 Å². The lowest BCUT2D eigenvalue weighted by Gasteiger charge is -1.99. The molecule has 0 aliphatic rings. The Morgan fingerprint density at radius 3 is 2.18 bits per heavy atom. The normalized spacial score (nSPS) is 15.4. The summed E-state index contributed by atoms with van der Waals surface area (Å²) in [6.07, 6.45) is 10.0. The predicted molar refractivity (Wildman–Crippen MR) is 52.6 cm³/mol. The highest BCUT2D eigenvalue weighted by Gasteiger charge is 1.89. The summed E-state index contributed by atoms with van der Waals surface area (Å²) in [6, 6.07) is 0. The topological polar surface area (TPSA) is 0 Å². The minimum Gasteiger partial charge on any atom is -0.0911 e. The molecule has 0 aromatic carbocycles. The van der Waals surface area contributed by atoms with E-state index in [1.165, 1.54) is 6.42 Å². The van der Waals surface area contributed by atoms with Crippen LogP contribution in [0, 0.1) is 11.8 Å². The first kappa shape index (κ1) is 10.5. The second-order valence-corrected chi connectivity index (χ2v) is 3.44. The van der Waals surface area contributed by atoms with E-state index in [9.17, 15) is 0 Å². The van der Waals surface area contributed by atoms with Crippen molar-refractivity contribution in [3.05, 3.63) is 24.3 Å². The van der Waals surface area contributed by atoms with E-state index in [1.807, 2.05) is 0 Å². The lowest BCUT2D eigenvalue weighted by atomic mass is 10.1. The first-order chi connectivity index (χ1) is 5.16. The van der Waals surface area contributed by atoms with Crippen molar-refractivity contribution in [2.45, 2.75) is 34.1 Å². The molecule has 0 aliphatic carbocycles. The Labute approximate surface area is 71.0 Å². The maximum absolute atomic E-state index is 2.27. The van der Waals surface area contributed by atoms with Crippen LogP contribution in [0.5, 0.6) is 0 Å². The van der Waals surface area contributed by atoms with Crippen LogP contribution in [0.4, 0.5) is 0 Å². The van der Waals surface area contributed by atoms with E-state index in [0.717, 1.165) is 5.92 Å². The van der Waals surface area contributed by atoms with E-state index in [-0.39, 0.29) is 0 Å². The Morgan fingerprint density at radius 2 is 1.73 bits per heavy atom. The molecule has 0 aromatic heterocycles. The lowest BCUT2D eigenvalue weighted by molar-refractivity contribution is 0.661. The van der Waals surface area contributed by atoms with Gasteiger partial charge in [0, 0.05) is 0 Å². The summed E-state index contributed by atoms with van der Waals surface area (Å²) in [5, 5.41) is 0. The van der Waals surface area contributed by atoms with Gasteiger partial charge in [-0.2, -0.15) is 0 Å². The second-order valence-electron chi connectivity index (χ2n) is 3.44. The van der Waals surface area contributed by atoms with Crippen LogP contribution in [-0.2, 0) is 0 Å². The minimum atomic E-state index is 0.596. The van der Waals surface area contributed by atoms with E-state index >= 15 is 0 Å². The summed E-state index contributed by atoms with van der Waals surface area (Å²) in [5.74, 6) is 1.38. The lowest BCUT2D eigenvalue weighted by Crippen LogP contribution is -1.85. The molecule has 64 valence electrons. The molecule has 0 nitrogen and oxygen atoms in total. The van der Waals surface area contributed by atoms with Crippen molar-refractivity contribution in [1.29, 1.82) is 0 Å². The zero-order chi connectivity index (χ0) is 8.69. The third kappa shape index (κ3) is 7.38. The number of hydrogen-bond acceptors (Lipinski definition) is 0. The van der Waals surface area contributed by atoms with Crippen LogP contribution in [0.15, 0.2) is 24.3 Å². The Hall–Kier alpha value is -0.520. The van der Waals surface area contributed by atoms with Crippen LogP contribution in [0.1, 0.15) is 34.1 Å². The molecule has 1 atom stereocenters. The zero-order valence-corrected chi connectivity index (χ0v) is 8.17. The molecule has 0 amide bonds. The predicted octanol–water partition coefficient (Wildman–Crippen LogP) is 3.80. The first-order valence-corrected chi connectivity index (χ1v) is 4.46. The van der Waals surface area contributed by atoms with Crippen molar-refractivity contribution in [3.63, 3.8) is 0 Å². The van der Waals surface area contributed by atoms with Crippen LogP contribution in [-0.4, -0.2) is 0 Å². The van der Waals surface area contributed by atoms with Crippen LogP contribution < -0.4 is 0 Å². The summed E-state index contributed by atoms with van der Waals surface area (Å²) in [5.41, 5.74) is 0. The van der Waals surface area contributed by atoms with Gasteiger partial charge >= 0.3 is 0 Å². The quantitative estimate of drug-likeness (QED) is 0.537. The molecule has 0 radical (unpaired) electrons. The van der Waals surface area contributed by atoms with E-state index in [4.69, 9.17) is 0 Å². The fourth-order valence-corrected chi connectivity index (χ4v) is 0.933. The second kappa shape index (κ2) is 6.21. The molecular weight excluding hydrogens is 132 g/mol. The van der Waals surface area contributed by atoms with E-state index in [2.05, 4.69) is 52.0 Å². The standard InChI is InChI=1S/C11H20/c1-5-7-11(4)9-6-8-10(2)3/h5-7,9-11H,8H2,1-4H3/b7-5-,9-6+. The van der Waals surface area contributed by atoms with E-state index < -0.39 is 0 Å². The van der Waals surface area contributed by atoms with Gasteiger partial charge in [0.2, 0.25) is 0 Å². The summed E-state index contributed by atoms with van der Waals surface area (Å²) < 4.78 is 0. The van der Waals surface area contributed by atoms with Gasteiger partial charge in [-0.05, 0) is 25.2 Å².